The number of carbonyl (C=O) groups excluding carboxylic acids is 1. The number of carboxylic acid groups (broad SMARTS) is 1. The summed E-state index contributed by atoms with van der Waals surface area (Å²) in [6.45, 7) is 4.78. The van der Waals surface area contributed by atoms with Gasteiger partial charge in [-0.15, -0.1) is 0 Å². The fourth-order valence-corrected chi connectivity index (χ4v) is 0.848. The quantitative estimate of drug-likeness (QED) is 0.314. The van der Waals surface area contributed by atoms with Crippen molar-refractivity contribution in [3.05, 3.63) is 12.7 Å². The van der Waals surface area contributed by atoms with E-state index in [1.165, 1.54) is 0 Å². The third-order valence-corrected chi connectivity index (χ3v) is 1.45. The van der Waals surface area contributed by atoms with Gasteiger partial charge < -0.3 is 9.90 Å². The summed E-state index contributed by atoms with van der Waals surface area (Å²) in [4.78, 5) is 10.1. The van der Waals surface area contributed by atoms with Gasteiger partial charge in [0, 0.05) is 18.9 Å². The highest BCUT2D eigenvalue weighted by Crippen LogP contribution is 1.90. The van der Waals surface area contributed by atoms with Crippen LogP contribution in [0.1, 0.15) is 6.42 Å². The van der Waals surface area contributed by atoms with Crippen LogP contribution in [-0.4, -0.2) is 37.7 Å². The molecular weight excluding hydrogens is 156 g/mol. The minimum absolute atomic E-state index is 0.0405. The zero-order valence-corrected chi connectivity index (χ0v) is 7.67. The molecule has 0 unspecified atom stereocenters. The van der Waals surface area contributed by atoms with E-state index in [1.807, 2.05) is 14.1 Å². The monoisotopic (exact) mass is 172 g/mol. The van der Waals surface area contributed by atoms with E-state index in [9.17, 15) is 9.90 Å². The van der Waals surface area contributed by atoms with E-state index in [0.717, 1.165) is 6.54 Å². The zero-order chi connectivity index (χ0) is 9.61. The van der Waals surface area contributed by atoms with Crippen molar-refractivity contribution >= 4 is 5.97 Å². The Balaban J connectivity index is 3.60. The lowest BCUT2D eigenvalue weighted by Gasteiger charge is -2.28. The predicted octanol–water partition coefficient (Wildman–Crippen LogP) is -1.11. The molecule has 0 heterocycles. The van der Waals surface area contributed by atoms with Gasteiger partial charge in [0.1, 0.15) is 6.54 Å². The largest absolute Gasteiger partial charge is 0.550 e. The number of carbonyl (C=O) groups is 1. The summed E-state index contributed by atoms with van der Waals surface area (Å²) < 4.78 is 0.538. The second-order valence-corrected chi connectivity index (χ2v) is 3.19. The van der Waals surface area contributed by atoms with E-state index in [2.05, 4.69) is 12.0 Å². The topological polar surface area (TPSA) is 52.2 Å². The molecule has 0 aliphatic heterocycles. The fourth-order valence-electron chi connectivity index (χ4n) is 0.848. The van der Waals surface area contributed by atoms with E-state index in [-0.39, 0.29) is 6.42 Å². The second kappa shape index (κ2) is 4.90. The van der Waals surface area contributed by atoms with Crippen molar-refractivity contribution in [3.8, 4) is 0 Å². The molecule has 0 radical (unpaired) electrons. The Bertz CT molecular complexity index is 166. The first-order valence-corrected chi connectivity index (χ1v) is 3.87. The van der Waals surface area contributed by atoms with Crippen molar-refractivity contribution in [1.82, 2.24) is 5.43 Å². The Labute approximate surface area is 73.0 Å². The molecule has 0 rings (SSSR count). The smallest absolute Gasteiger partial charge is 0.114 e. The molecule has 0 aromatic carbocycles. The number of nitrogens with zero attached hydrogens (tertiary/aromatic N) is 1. The van der Waals surface area contributed by atoms with Gasteiger partial charge in [-0.2, -0.15) is 5.43 Å². The van der Waals surface area contributed by atoms with Crippen LogP contribution in [0.2, 0.25) is 0 Å². The summed E-state index contributed by atoms with van der Waals surface area (Å²) in [6, 6.07) is 0. The average molecular weight is 172 g/mol. The number of hydrogen-bond acceptors (Lipinski definition) is 3. The van der Waals surface area contributed by atoms with E-state index in [4.69, 9.17) is 0 Å². The molecule has 4 heteroatoms. The van der Waals surface area contributed by atoms with Gasteiger partial charge in [-0.05, 0) is 6.08 Å². The first-order chi connectivity index (χ1) is 5.48. The Morgan fingerprint density at radius 2 is 2.25 bits per heavy atom. The molecule has 4 nitrogen and oxygen atoms in total. The normalized spacial score (nSPS) is 11.2. The minimum Gasteiger partial charge on any atom is -0.550 e. The van der Waals surface area contributed by atoms with Crippen LogP contribution in [0, 0.1) is 0 Å². The van der Waals surface area contributed by atoms with Gasteiger partial charge in [0.15, 0.2) is 0 Å². The number of nitrogens with one attached hydrogen (secondary N) is 1. The SMILES string of the molecule is C=CC[N+](C)(C)NCCC(=O)[O-]. The van der Waals surface area contributed by atoms with Crippen molar-refractivity contribution in [1.29, 1.82) is 0 Å². The molecule has 0 saturated heterocycles. The molecule has 0 spiro atoms. The van der Waals surface area contributed by atoms with Gasteiger partial charge in [-0.3, -0.25) is 0 Å². The van der Waals surface area contributed by atoms with E-state index >= 15 is 0 Å². The number of quaternary nitrogens is 1. The van der Waals surface area contributed by atoms with Gasteiger partial charge in [-0.25, -0.2) is 4.59 Å². The van der Waals surface area contributed by atoms with Gasteiger partial charge in [0.25, 0.3) is 0 Å². The third-order valence-electron chi connectivity index (χ3n) is 1.45. The van der Waals surface area contributed by atoms with E-state index in [1.54, 1.807) is 6.08 Å². The zero-order valence-electron chi connectivity index (χ0n) is 7.67. The molecule has 1 N–H and O–H groups in total. The average Bonchev–Trinajstić information content (AvgIpc) is 1.85. The number of likely N-dealkylation sites (N-methyl/N-ethyl adjacent to an activating group) is 1. The maximum absolute atomic E-state index is 10.1. The molecule has 0 bridgehead atoms. The first kappa shape index (κ1) is 11.1. The predicted molar refractivity (Wildman–Crippen MR) is 44.8 cm³/mol. The van der Waals surface area contributed by atoms with Crippen molar-refractivity contribution in [2.45, 2.75) is 6.42 Å². The Hall–Kier alpha value is -0.870. The van der Waals surface area contributed by atoms with Crippen LogP contribution < -0.4 is 10.5 Å². The maximum atomic E-state index is 10.1. The second-order valence-electron chi connectivity index (χ2n) is 3.19. The molecule has 0 aliphatic carbocycles. The molecule has 0 amide bonds. The van der Waals surface area contributed by atoms with Crippen molar-refractivity contribution in [3.63, 3.8) is 0 Å². The van der Waals surface area contributed by atoms with Crippen LogP contribution in [0.3, 0.4) is 0 Å². The number of rotatable bonds is 6. The molecule has 0 aromatic rings. The summed E-state index contributed by atoms with van der Waals surface area (Å²) in [7, 11) is 3.88. The molecule has 0 saturated carbocycles. The highest BCUT2D eigenvalue weighted by molar-refractivity contribution is 5.64. The maximum Gasteiger partial charge on any atom is 0.114 e. The fraction of sp³-hybridized carbons (Fsp3) is 0.625. The number of hydrogen-bond donors (Lipinski definition) is 1. The summed E-state index contributed by atoms with van der Waals surface area (Å²) in [5.41, 5.74) is 3.04. The van der Waals surface area contributed by atoms with Crippen LogP contribution in [0.25, 0.3) is 0 Å². The molecule has 0 aliphatic rings. The van der Waals surface area contributed by atoms with Gasteiger partial charge in [0.05, 0.1) is 14.1 Å². The Morgan fingerprint density at radius 1 is 1.67 bits per heavy atom. The molecule has 70 valence electrons. The summed E-state index contributed by atoms with van der Waals surface area (Å²) >= 11 is 0. The van der Waals surface area contributed by atoms with Crippen LogP contribution in [0.4, 0.5) is 0 Å². The van der Waals surface area contributed by atoms with E-state index < -0.39 is 5.97 Å². The van der Waals surface area contributed by atoms with Gasteiger partial charge >= 0.3 is 0 Å². The van der Waals surface area contributed by atoms with Crippen molar-refractivity contribution in [2.24, 2.45) is 0 Å². The Kier molecular flexibility index (Phi) is 4.54. The summed E-state index contributed by atoms with van der Waals surface area (Å²) in [6.07, 6.45) is 1.82. The molecule has 0 fully saturated rings. The minimum atomic E-state index is -1.03. The summed E-state index contributed by atoms with van der Waals surface area (Å²) in [5, 5.41) is 10.1. The molecular formula is C8H16N2O2. The third kappa shape index (κ3) is 5.88. The van der Waals surface area contributed by atoms with Crippen LogP contribution in [0.5, 0.6) is 0 Å². The lowest BCUT2D eigenvalue weighted by molar-refractivity contribution is -0.928. The van der Waals surface area contributed by atoms with Crippen molar-refractivity contribution in [2.75, 3.05) is 27.2 Å². The molecule has 12 heavy (non-hydrogen) atoms. The first-order valence-electron chi connectivity index (χ1n) is 3.87. The number of carboxylic acids is 1. The molecule has 0 aromatic heterocycles. The molecule has 0 atom stereocenters. The van der Waals surface area contributed by atoms with Crippen molar-refractivity contribution < 1.29 is 14.5 Å². The standard InChI is InChI=1S/C8H16N2O2/c1-4-7-10(2,3)9-6-5-8(11)12/h4,9H,1,5-7H2,2-3H3. The number of aliphatic carboxylic acids is 1. The highest BCUT2D eigenvalue weighted by Gasteiger charge is 2.10. The van der Waals surface area contributed by atoms with Crippen LogP contribution in [0.15, 0.2) is 12.7 Å². The van der Waals surface area contributed by atoms with Gasteiger partial charge in [0.2, 0.25) is 0 Å². The highest BCUT2D eigenvalue weighted by atomic mass is 16.4. The van der Waals surface area contributed by atoms with Gasteiger partial charge in [-0.1, -0.05) is 6.58 Å². The van der Waals surface area contributed by atoms with E-state index in [0.29, 0.717) is 11.1 Å². The van der Waals surface area contributed by atoms with Crippen LogP contribution >= 0.6 is 0 Å². The van der Waals surface area contributed by atoms with Crippen LogP contribution in [-0.2, 0) is 4.79 Å². The lowest BCUT2D eigenvalue weighted by atomic mass is 10.4. The Morgan fingerprint density at radius 3 is 2.67 bits per heavy atom. The lowest BCUT2D eigenvalue weighted by Crippen LogP contribution is -2.52. The summed E-state index contributed by atoms with van der Waals surface area (Å²) in [5.74, 6) is -1.03.